The van der Waals surface area contributed by atoms with Gasteiger partial charge in [-0.05, 0) is 51.1 Å². The zero-order valence-corrected chi connectivity index (χ0v) is 16.4. The molecule has 0 aliphatic rings. The maximum absolute atomic E-state index is 12.2. The number of rotatable bonds is 5. The largest absolute Gasteiger partial charge is 0.452 e. The number of nitrogens with zero attached hydrogens (tertiary/aromatic N) is 1. The Morgan fingerprint density at radius 1 is 1.00 bits per heavy atom. The normalized spacial score (nSPS) is 10.7. The monoisotopic (exact) mass is 384 g/mol. The van der Waals surface area contributed by atoms with Crippen LogP contribution in [0, 0.1) is 0 Å². The first-order chi connectivity index (χ1) is 13.2. The van der Waals surface area contributed by atoms with Crippen molar-refractivity contribution in [3.63, 3.8) is 0 Å². The lowest BCUT2D eigenvalue weighted by atomic mass is 10.2. The highest BCUT2D eigenvalue weighted by Gasteiger charge is 2.18. The van der Waals surface area contributed by atoms with Crippen LogP contribution in [0.4, 0.5) is 16.2 Å². The third kappa shape index (κ3) is 6.42. The molecular formula is C21H24N2O5. The first kappa shape index (κ1) is 21.0. The Kier molecular flexibility index (Phi) is 6.76. The fourth-order valence-corrected chi connectivity index (χ4v) is 2.25. The van der Waals surface area contributed by atoms with Gasteiger partial charge in [0.1, 0.15) is 5.60 Å². The highest BCUT2D eigenvalue weighted by atomic mass is 16.6. The molecule has 2 amide bonds. The fourth-order valence-electron chi connectivity index (χ4n) is 2.25. The topological polar surface area (TPSA) is 84.9 Å². The van der Waals surface area contributed by atoms with Crippen LogP contribution in [0.1, 0.15) is 31.1 Å². The van der Waals surface area contributed by atoms with Crippen LogP contribution in [0.25, 0.3) is 0 Å². The molecule has 1 N–H and O–H groups in total. The van der Waals surface area contributed by atoms with Crippen molar-refractivity contribution >= 4 is 29.3 Å². The van der Waals surface area contributed by atoms with Crippen molar-refractivity contribution in [2.45, 2.75) is 26.4 Å². The van der Waals surface area contributed by atoms with Crippen LogP contribution in [-0.4, -0.2) is 37.2 Å². The van der Waals surface area contributed by atoms with E-state index in [0.717, 1.165) is 0 Å². The molecule has 0 aliphatic carbocycles. The lowest BCUT2D eigenvalue weighted by Gasteiger charge is -2.19. The maximum Gasteiger partial charge on any atom is 0.412 e. The lowest BCUT2D eigenvalue weighted by Crippen LogP contribution is -2.31. The molecule has 0 fully saturated rings. The van der Waals surface area contributed by atoms with Gasteiger partial charge in [0, 0.05) is 18.4 Å². The molecular weight excluding hydrogens is 360 g/mol. The van der Waals surface area contributed by atoms with E-state index in [1.165, 1.54) is 17.0 Å². The average molecular weight is 384 g/mol. The second kappa shape index (κ2) is 9.03. The number of benzene rings is 2. The van der Waals surface area contributed by atoms with Gasteiger partial charge in [-0.25, -0.2) is 9.59 Å². The maximum atomic E-state index is 12.2. The molecule has 2 aromatic rings. The first-order valence-electron chi connectivity index (χ1n) is 8.74. The van der Waals surface area contributed by atoms with Gasteiger partial charge >= 0.3 is 12.1 Å². The number of anilines is 2. The SMILES string of the molecule is CN(C(=O)COC(=O)c1cccc(NC(=O)OC(C)(C)C)c1)c1ccccc1. The highest BCUT2D eigenvalue weighted by Crippen LogP contribution is 2.15. The Morgan fingerprint density at radius 2 is 1.68 bits per heavy atom. The number of carbonyl (C=O) groups excluding carboxylic acids is 3. The smallest absolute Gasteiger partial charge is 0.412 e. The number of hydrogen-bond donors (Lipinski definition) is 1. The Hall–Kier alpha value is -3.35. The predicted octanol–water partition coefficient (Wildman–Crippen LogP) is 3.85. The van der Waals surface area contributed by atoms with Gasteiger partial charge in [0.15, 0.2) is 6.61 Å². The molecule has 0 spiro atoms. The summed E-state index contributed by atoms with van der Waals surface area (Å²) in [6.45, 7) is 4.87. The van der Waals surface area contributed by atoms with E-state index >= 15 is 0 Å². The van der Waals surface area contributed by atoms with E-state index in [1.54, 1.807) is 52.1 Å². The highest BCUT2D eigenvalue weighted by molar-refractivity contribution is 5.97. The van der Waals surface area contributed by atoms with Crippen LogP contribution in [0.5, 0.6) is 0 Å². The number of ether oxygens (including phenoxy) is 2. The minimum Gasteiger partial charge on any atom is -0.452 e. The predicted molar refractivity (Wildman–Crippen MR) is 106 cm³/mol. The van der Waals surface area contributed by atoms with Gasteiger partial charge in [-0.3, -0.25) is 10.1 Å². The quantitative estimate of drug-likeness (QED) is 0.792. The summed E-state index contributed by atoms with van der Waals surface area (Å²) in [5.74, 6) is -1.02. The third-order valence-corrected chi connectivity index (χ3v) is 3.59. The molecule has 148 valence electrons. The van der Waals surface area contributed by atoms with Crippen molar-refractivity contribution in [1.82, 2.24) is 0 Å². The van der Waals surface area contributed by atoms with Crippen molar-refractivity contribution in [1.29, 1.82) is 0 Å². The fraction of sp³-hybridized carbons (Fsp3) is 0.286. The van der Waals surface area contributed by atoms with E-state index in [4.69, 9.17) is 9.47 Å². The van der Waals surface area contributed by atoms with Crippen LogP contribution >= 0.6 is 0 Å². The summed E-state index contributed by atoms with van der Waals surface area (Å²) >= 11 is 0. The Bertz CT molecular complexity index is 843. The molecule has 0 saturated carbocycles. The molecule has 28 heavy (non-hydrogen) atoms. The average Bonchev–Trinajstić information content (AvgIpc) is 2.64. The van der Waals surface area contributed by atoms with Gasteiger partial charge in [0.2, 0.25) is 0 Å². The van der Waals surface area contributed by atoms with E-state index in [0.29, 0.717) is 11.4 Å². The summed E-state index contributed by atoms with van der Waals surface area (Å²) in [6, 6.07) is 15.3. The van der Waals surface area contributed by atoms with Crippen molar-refractivity contribution < 1.29 is 23.9 Å². The first-order valence-corrected chi connectivity index (χ1v) is 8.74. The van der Waals surface area contributed by atoms with E-state index in [-0.39, 0.29) is 11.5 Å². The van der Waals surface area contributed by atoms with Crippen LogP contribution < -0.4 is 10.2 Å². The van der Waals surface area contributed by atoms with E-state index in [2.05, 4.69) is 5.32 Å². The minimum atomic E-state index is -0.664. The summed E-state index contributed by atoms with van der Waals surface area (Å²) in [7, 11) is 1.61. The standard InChI is InChI=1S/C21H24N2O5/c1-21(2,3)28-20(26)22-16-10-8-9-15(13-16)19(25)27-14-18(24)23(4)17-11-6-5-7-12-17/h5-13H,14H2,1-4H3,(H,22,26). The van der Waals surface area contributed by atoms with Gasteiger partial charge in [-0.2, -0.15) is 0 Å². The number of para-hydroxylation sites is 1. The molecule has 0 saturated heterocycles. The summed E-state index contributed by atoms with van der Waals surface area (Å²) in [5.41, 5.74) is 0.665. The van der Waals surface area contributed by atoms with Crippen molar-refractivity contribution in [2.24, 2.45) is 0 Å². The molecule has 7 heteroatoms. The minimum absolute atomic E-state index is 0.212. The summed E-state index contributed by atoms with van der Waals surface area (Å²) < 4.78 is 10.3. The summed E-state index contributed by atoms with van der Waals surface area (Å²) in [6.07, 6.45) is -0.627. The molecule has 0 aliphatic heterocycles. The van der Waals surface area contributed by atoms with Crippen molar-refractivity contribution in [2.75, 3.05) is 23.9 Å². The number of carbonyl (C=O) groups is 3. The molecule has 0 heterocycles. The number of nitrogens with one attached hydrogen (secondary N) is 1. The van der Waals surface area contributed by atoms with Crippen LogP contribution in [-0.2, 0) is 14.3 Å². The molecule has 2 aromatic carbocycles. The molecule has 0 bridgehead atoms. The Balaban J connectivity index is 1.94. The number of esters is 1. The molecule has 0 aromatic heterocycles. The molecule has 7 nitrogen and oxygen atoms in total. The Morgan fingerprint density at radius 3 is 2.32 bits per heavy atom. The summed E-state index contributed by atoms with van der Waals surface area (Å²) in [4.78, 5) is 37.7. The second-order valence-corrected chi connectivity index (χ2v) is 7.07. The van der Waals surface area contributed by atoms with Crippen molar-refractivity contribution in [3.05, 3.63) is 60.2 Å². The van der Waals surface area contributed by atoms with E-state index in [9.17, 15) is 14.4 Å². The van der Waals surface area contributed by atoms with E-state index in [1.807, 2.05) is 18.2 Å². The second-order valence-electron chi connectivity index (χ2n) is 7.07. The Labute approximate surface area is 164 Å². The number of amides is 2. The molecule has 0 radical (unpaired) electrons. The van der Waals surface area contributed by atoms with Gasteiger partial charge in [0.05, 0.1) is 5.56 Å². The van der Waals surface area contributed by atoms with Crippen molar-refractivity contribution in [3.8, 4) is 0 Å². The van der Waals surface area contributed by atoms with Crippen LogP contribution in [0.3, 0.4) is 0 Å². The van der Waals surface area contributed by atoms with E-state index < -0.39 is 24.3 Å². The van der Waals surface area contributed by atoms with Crippen LogP contribution in [0.15, 0.2) is 54.6 Å². The summed E-state index contributed by atoms with van der Waals surface area (Å²) in [5, 5.41) is 2.55. The van der Waals surface area contributed by atoms with Gasteiger partial charge in [-0.1, -0.05) is 24.3 Å². The third-order valence-electron chi connectivity index (χ3n) is 3.59. The molecule has 0 unspecified atom stereocenters. The molecule has 2 rings (SSSR count). The number of hydrogen-bond acceptors (Lipinski definition) is 5. The van der Waals surface area contributed by atoms with Gasteiger partial charge in [-0.15, -0.1) is 0 Å². The lowest BCUT2D eigenvalue weighted by molar-refractivity contribution is -0.121. The number of likely N-dealkylation sites (N-methyl/N-ethyl adjacent to an activating group) is 1. The van der Waals surface area contributed by atoms with Gasteiger partial charge in [0.25, 0.3) is 5.91 Å². The molecule has 0 atom stereocenters. The zero-order chi connectivity index (χ0) is 20.7. The van der Waals surface area contributed by atoms with Crippen LogP contribution in [0.2, 0.25) is 0 Å². The zero-order valence-electron chi connectivity index (χ0n) is 16.4. The van der Waals surface area contributed by atoms with Gasteiger partial charge < -0.3 is 14.4 Å².